The number of hydrogen-bond donors (Lipinski definition) is 2. The van der Waals surface area contributed by atoms with E-state index in [9.17, 15) is 0 Å². The zero-order chi connectivity index (χ0) is 11.4. The Labute approximate surface area is 95.9 Å². The van der Waals surface area contributed by atoms with E-state index in [-0.39, 0.29) is 5.95 Å². The maximum Gasteiger partial charge on any atom is 0.221 e. The molecule has 0 unspecified atom stereocenters. The van der Waals surface area contributed by atoms with Crippen molar-refractivity contribution in [3.05, 3.63) is 11.8 Å². The third-order valence-corrected chi connectivity index (χ3v) is 3.01. The lowest BCUT2D eigenvalue weighted by atomic mass is 10.2. The summed E-state index contributed by atoms with van der Waals surface area (Å²) in [6, 6.07) is 0. The average molecular weight is 221 g/mol. The van der Waals surface area contributed by atoms with Crippen LogP contribution in [-0.2, 0) is 6.54 Å². The summed E-state index contributed by atoms with van der Waals surface area (Å²) in [7, 11) is 0. The van der Waals surface area contributed by atoms with Gasteiger partial charge in [-0.05, 0) is 25.9 Å². The molecule has 1 aromatic rings. The Kier molecular flexibility index (Phi) is 3.56. The number of anilines is 2. The minimum atomic E-state index is 0.247. The van der Waals surface area contributed by atoms with Crippen LogP contribution in [0.3, 0.4) is 0 Å². The Balaban J connectivity index is 2.01. The Morgan fingerprint density at radius 3 is 2.44 bits per heavy atom. The highest BCUT2D eigenvalue weighted by Crippen LogP contribution is 2.15. The molecule has 0 saturated carbocycles. The van der Waals surface area contributed by atoms with Gasteiger partial charge in [0.05, 0.1) is 0 Å². The highest BCUT2D eigenvalue weighted by Gasteiger charge is 2.11. The number of rotatable bonds is 2. The van der Waals surface area contributed by atoms with Crippen LogP contribution in [0.4, 0.5) is 11.8 Å². The highest BCUT2D eigenvalue weighted by atomic mass is 15.1. The van der Waals surface area contributed by atoms with Gasteiger partial charge in [-0.15, -0.1) is 0 Å². The molecule has 1 saturated heterocycles. The van der Waals surface area contributed by atoms with E-state index < -0.39 is 0 Å². The Morgan fingerprint density at radius 1 is 1.12 bits per heavy atom. The molecule has 2 rings (SSSR count). The van der Waals surface area contributed by atoms with Gasteiger partial charge in [0.25, 0.3) is 0 Å². The maximum absolute atomic E-state index is 5.82. The summed E-state index contributed by atoms with van der Waals surface area (Å²) in [4.78, 5) is 10.4. The quantitative estimate of drug-likeness (QED) is 0.779. The fourth-order valence-corrected chi connectivity index (χ4v) is 2.09. The van der Waals surface area contributed by atoms with Crippen molar-refractivity contribution in [1.82, 2.24) is 14.9 Å². The van der Waals surface area contributed by atoms with Gasteiger partial charge < -0.3 is 11.5 Å². The van der Waals surface area contributed by atoms with E-state index in [1.54, 1.807) is 6.20 Å². The van der Waals surface area contributed by atoms with Crippen molar-refractivity contribution in [2.45, 2.75) is 32.2 Å². The van der Waals surface area contributed by atoms with Gasteiger partial charge in [-0.2, -0.15) is 4.98 Å². The van der Waals surface area contributed by atoms with Gasteiger partial charge in [0.15, 0.2) is 0 Å². The molecule has 2 heterocycles. The summed E-state index contributed by atoms with van der Waals surface area (Å²) >= 11 is 0. The van der Waals surface area contributed by atoms with Crippen LogP contribution in [0.5, 0.6) is 0 Å². The predicted octanol–water partition coefficient (Wildman–Crippen LogP) is 1.02. The maximum atomic E-state index is 5.82. The van der Waals surface area contributed by atoms with Crippen LogP contribution in [-0.4, -0.2) is 28.0 Å². The van der Waals surface area contributed by atoms with Crippen LogP contribution in [0.1, 0.15) is 31.2 Å². The Morgan fingerprint density at radius 2 is 1.81 bits per heavy atom. The molecule has 1 aliphatic heterocycles. The van der Waals surface area contributed by atoms with E-state index in [1.165, 1.54) is 25.7 Å². The zero-order valence-electron chi connectivity index (χ0n) is 9.52. The van der Waals surface area contributed by atoms with Crippen LogP contribution in [0.2, 0.25) is 0 Å². The van der Waals surface area contributed by atoms with Gasteiger partial charge in [-0.25, -0.2) is 4.98 Å². The van der Waals surface area contributed by atoms with E-state index in [4.69, 9.17) is 11.5 Å². The van der Waals surface area contributed by atoms with E-state index in [0.717, 1.165) is 25.2 Å². The highest BCUT2D eigenvalue weighted by molar-refractivity contribution is 5.41. The van der Waals surface area contributed by atoms with E-state index in [2.05, 4.69) is 14.9 Å². The summed E-state index contributed by atoms with van der Waals surface area (Å²) < 4.78 is 0. The standard InChI is InChI=1S/C11H19N5/c12-10-9(7-14-11(13)15-10)8-16-5-3-1-2-4-6-16/h7H,1-6,8H2,(H4,12,13,14,15). The number of aromatic nitrogens is 2. The molecule has 4 N–H and O–H groups in total. The summed E-state index contributed by atoms with van der Waals surface area (Å²) in [6.45, 7) is 3.12. The molecule has 0 atom stereocenters. The molecule has 5 nitrogen and oxygen atoms in total. The fourth-order valence-electron chi connectivity index (χ4n) is 2.09. The van der Waals surface area contributed by atoms with E-state index >= 15 is 0 Å². The van der Waals surface area contributed by atoms with Crippen molar-refractivity contribution in [3.63, 3.8) is 0 Å². The summed E-state index contributed by atoms with van der Waals surface area (Å²) in [5.41, 5.74) is 12.3. The third kappa shape index (κ3) is 2.82. The van der Waals surface area contributed by atoms with E-state index in [0.29, 0.717) is 5.82 Å². The minimum absolute atomic E-state index is 0.247. The predicted molar refractivity (Wildman–Crippen MR) is 64.6 cm³/mol. The number of likely N-dealkylation sites (tertiary alicyclic amines) is 1. The molecule has 5 heteroatoms. The molecule has 0 radical (unpaired) electrons. The smallest absolute Gasteiger partial charge is 0.221 e. The van der Waals surface area contributed by atoms with Gasteiger partial charge in [-0.3, -0.25) is 4.90 Å². The first-order valence-electron chi connectivity index (χ1n) is 5.85. The fraction of sp³-hybridized carbons (Fsp3) is 0.636. The van der Waals surface area contributed by atoms with Crippen molar-refractivity contribution >= 4 is 11.8 Å². The molecule has 0 aromatic carbocycles. The van der Waals surface area contributed by atoms with Crippen LogP contribution in [0.25, 0.3) is 0 Å². The topological polar surface area (TPSA) is 81.1 Å². The molecule has 1 aromatic heterocycles. The monoisotopic (exact) mass is 221 g/mol. The van der Waals surface area contributed by atoms with Crippen molar-refractivity contribution in [2.24, 2.45) is 0 Å². The first-order valence-corrected chi connectivity index (χ1v) is 5.85. The van der Waals surface area contributed by atoms with Crippen LogP contribution < -0.4 is 11.5 Å². The van der Waals surface area contributed by atoms with Crippen molar-refractivity contribution < 1.29 is 0 Å². The number of nitrogen functional groups attached to an aromatic ring is 2. The van der Waals surface area contributed by atoms with Crippen LogP contribution >= 0.6 is 0 Å². The number of nitrogens with two attached hydrogens (primary N) is 2. The second-order valence-corrected chi connectivity index (χ2v) is 4.33. The molecule has 1 aliphatic rings. The molecule has 16 heavy (non-hydrogen) atoms. The van der Waals surface area contributed by atoms with Crippen LogP contribution in [0.15, 0.2) is 6.20 Å². The van der Waals surface area contributed by atoms with Gasteiger partial charge in [0.2, 0.25) is 5.95 Å². The zero-order valence-corrected chi connectivity index (χ0v) is 9.52. The molecule has 0 amide bonds. The van der Waals surface area contributed by atoms with E-state index in [1.807, 2.05) is 0 Å². The van der Waals surface area contributed by atoms with Gasteiger partial charge in [-0.1, -0.05) is 12.8 Å². The SMILES string of the molecule is Nc1ncc(CN2CCCCCC2)c(N)n1. The van der Waals surface area contributed by atoms with Gasteiger partial charge >= 0.3 is 0 Å². The van der Waals surface area contributed by atoms with Crippen molar-refractivity contribution in [1.29, 1.82) is 0 Å². The summed E-state index contributed by atoms with van der Waals surface area (Å²) in [5.74, 6) is 0.758. The lowest BCUT2D eigenvalue weighted by Gasteiger charge is -2.20. The molecule has 0 bridgehead atoms. The first kappa shape index (κ1) is 11.1. The molecule has 0 spiro atoms. The largest absolute Gasteiger partial charge is 0.383 e. The lowest BCUT2D eigenvalue weighted by molar-refractivity contribution is 0.277. The molecular weight excluding hydrogens is 202 g/mol. The lowest BCUT2D eigenvalue weighted by Crippen LogP contribution is -2.24. The summed E-state index contributed by atoms with van der Waals surface area (Å²) in [6.07, 6.45) is 6.96. The molecule has 88 valence electrons. The second-order valence-electron chi connectivity index (χ2n) is 4.33. The van der Waals surface area contributed by atoms with Crippen molar-refractivity contribution in [3.8, 4) is 0 Å². The third-order valence-electron chi connectivity index (χ3n) is 3.01. The average Bonchev–Trinajstić information content (AvgIpc) is 2.51. The molecule has 0 aliphatic carbocycles. The first-order chi connectivity index (χ1) is 7.75. The number of hydrogen-bond acceptors (Lipinski definition) is 5. The normalized spacial score (nSPS) is 18.2. The second kappa shape index (κ2) is 5.12. The van der Waals surface area contributed by atoms with Crippen molar-refractivity contribution in [2.75, 3.05) is 24.6 Å². The molecule has 1 fully saturated rings. The Bertz CT molecular complexity index is 344. The van der Waals surface area contributed by atoms with Crippen LogP contribution in [0, 0.1) is 0 Å². The van der Waals surface area contributed by atoms with Gasteiger partial charge in [0.1, 0.15) is 5.82 Å². The minimum Gasteiger partial charge on any atom is -0.383 e. The Hall–Kier alpha value is -1.36. The van der Waals surface area contributed by atoms with Gasteiger partial charge in [0, 0.05) is 18.3 Å². The molecular formula is C11H19N5. The number of nitrogens with zero attached hydrogens (tertiary/aromatic N) is 3. The summed E-state index contributed by atoms with van der Waals surface area (Å²) in [5, 5.41) is 0.